The van der Waals surface area contributed by atoms with Crippen molar-refractivity contribution in [3.8, 4) is 11.1 Å². The molecule has 0 bridgehead atoms. The Labute approximate surface area is 193 Å². The quantitative estimate of drug-likeness (QED) is 0.620. The summed E-state index contributed by atoms with van der Waals surface area (Å²) >= 11 is 0. The monoisotopic (exact) mass is 444 g/mol. The average Bonchev–Trinajstić information content (AvgIpc) is 3.35. The fourth-order valence-corrected chi connectivity index (χ4v) is 5.18. The molecular weight excluding hydrogens is 415 g/mol. The van der Waals surface area contributed by atoms with Gasteiger partial charge >= 0.3 is 0 Å². The van der Waals surface area contributed by atoms with Crippen LogP contribution in [0.15, 0.2) is 54.9 Å². The van der Waals surface area contributed by atoms with Gasteiger partial charge in [0.15, 0.2) is 0 Å². The maximum atomic E-state index is 14.3. The predicted octanol–water partition coefficient (Wildman–Crippen LogP) is 4.54. The van der Waals surface area contributed by atoms with Crippen molar-refractivity contribution in [2.24, 2.45) is 5.73 Å². The van der Waals surface area contributed by atoms with Gasteiger partial charge in [-0.2, -0.15) is 0 Å². The number of amides is 1. The standard InChI is InChI=1S/C27H29FN4O/c1-17-11-19(13-20(28)12-17)22-14-30-15-23(25(22)32-10-9-27(2,29)16-32)26(33)31-24-8-7-18-5-3-4-6-21(18)24/h3-6,11-15,24H,7-10,16,29H2,1-2H3,(H,31,33)/t24?,27-/m0/s1. The highest BCUT2D eigenvalue weighted by Gasteiger charge is 2.34. The lowest BCUT2D eigenvalue weighted by atomic mass is 9.99. The fourth-order valence-electron chi connectivity index (χ4n) is 5.18. The normalized spacial score (nSPS) is 21.8. The minimum Gasteiger partial charge on any atom is -0.368 e. The number of aryl methyl sites for hydroxylation is 2. The molecule has 0 saturated carbocycles. The molecule has 170 valence electrons. The van der Waals surface area contributed by atoms with Crippen molar-refractivity contribution in [2.75, 3.05) is 18.0 Å². The van der Waals surface area contributed by atoms with E-state index in [1.807, 2.05) is 32.0 Å². The molecule has 1 aliphatic heterocycles. The maximum Gasteiger partial charge on any atom is 0.255 e. The zero-order chi connectivity index (χ0) is 23.2. The van der Waals surface area contributed by atoms with Crippen LogP contribution in [0, 0.1) is 12.7 Å². The van der Waals surface area contributed by atoms with E-state index in [-0.39, 0.29) is 23.3 Å². The largest absolute Gasteiger partial charge is 0.368 e. The van der Waals surface area contributed by atoms with Gasteiger partial charge in [-0.05, 0) is 67.5 Å². The van der Waals surface area contributed by atoms with Crippen molar-refractivity contribution in [1.29, 1.82) is 0 Å². The molecule has 2 heterocycles. The van der Waals surface area contributed by atoms with Crippen LogP contribution >= 0.6 is 0 Å². The number of anilines is 1. The van der Waals surface area contributed by atoms with Gasteiger partial charge in [-0.3, -0.25) is 9.78 Å². The molecule has 5 rings (SSSR count). The number of benzene rings is 2. The molecule has 1 unspecified atom stereocenters. The number of rotatable bonds is 4. The number of halogens is 1. The summed E-state index contributed by atoms with van der Waals surface area (Å²) in [6.45, 7) is 5.23. The van der Waals surface area contributed by atoms with Crippen LogP contribution in [0.3, 0.4) is 0 Å². The van der Waals surface area contributed by atoms with Crippen molar-refractivity contribution < 1.29 is 9.18 Å². The van der Waals surface area contributed by atoms with Crippen molar-refractivity contribution in [3.05, 3.63) is 82.9 Å². The van der Waals surface area contributed by atoms with Gasteiger partial charge in [0.1, 0.15) is 5.82 Å². The second kappa shape index (κ2) is 8.27. The van der Waals surface area contributed by atoms with Gasteiger partial charge < -0.3 is 16.0 Å². The number of nitrogens with zero attached hydrogens (tertiary/aromatic N) is 2. The van der Waals surface area contributed by atoms with Crippen LogP contribution in [0.1, 0.15) is 52.9 Å². The maximum absolute atomic E-state index is 14.3. The molecule has 2 aliphatic rings. The van der Waals surface area contributed by atoms with E-state index in [4.69, 9.17) is 5.73 Å². The van der Waals surface area contributed by atoms with E-state index in [0.717, 1.165) is 42.6 Å². The number of carbonyl (C=O) groups excluding carboxylic acids is 1. The number of hydrogen-bond acceptors (Lipinski definition) is 4. The van der Waals surface area contributed by atoms with Gasteiger partial charge in [0.25, 0.3) is 5.91 Å². The van der Waals surface area contributed by atoms with Gasteiger partial charge in [-0.15, -0.1) is 0 Å². The Morgan fingerprint density at radius 3 is 2.82 bits per heavy atom. The van der Waals surface area contributed by atoms with Crippen LogP contribution in [0.4, 0.5) is 10.1 Å². The molecule has 5 nitrogen and oxygen atoms in total. The minimum absolute atomic E-state index is 0.0278. The van der Waals surface area contributed by atoms with Crippen molar-refractivity contribution in [2.45, 2.75) is 44.7 Å². The Morgan fingerprint density at radius 2 is 2.06 bits per heavy atom. The number of nitrogens with one attached hydrogen (secondary N) is 1. The molecule has 1 saturated heterocycles. The number of nitrogens with two attached hydrogens (primary N) is 1. The first-order valence-electron chi connectivity index (χ1n) is 11.5. The molecule has 2 atom stereocenters. The number of aromatic nitrogens is 1. The minimum atomic E-state index is -0.351. The number of hydrogen-bond donors (Lipinski definition) is 2. The first-order valence-corrected chi connectivity index (χ1v) is 11.5. The van der Waals surface area contributed by atoms with Gasteiger partial charge in [0, 0.05) is 36.6 Å². The molecular formula is C27H29FN4O. The molecule has 3 aromatic rings. The van der Waals surface area contributed by atoms with Crippen molar-refractivity contribution in [1.82, 2.24) is 10.3 Å². The molecule has 6 heteroatoms. The van der Waals surface area contributed by atoms with E-state index in [9.17, 15) is 9.18 Å². The number of pyridine rings is 1. The Bertz CT molecular complexity index is 1200. The molecule has 0 radical (unpaired) electrons. The molecule has 1 aromatic heterocycles. The zero-order valence-electron chi connectivity index (χ0n) is 19.1. The van der Waals surface area contributed by atoms with E-state index >= 15 is 0 Å². The summed E-state index contributed by atoms with van der Waals surface area (Å²) in [4.78, 5) is 20.1. The summed E-state index contributed by atoms with van der Waals surface area (Å²) in [6, 6.07) is 13.1. The zero-order valence-corrected chi connectivity index (χ0v) is 19.1. The van der Waals surface area contributed by atoms with E-state index in [2.05, 4.69) is 27.3 Å². The van der Waals surface area contributed by atoms with Crippen molar-refractivity contribution >= 4 is 11.6 Å². The summed E-state index contributed by atoms with van der Waals surface area (Å²) in [5.74, 6) is -0.474. The van der Waals surface area contributed by atoms with Crippen LogP contribution in [-0.4, -0.2) is 29.5 Å². The summed E-state index contributed by atoms with van der Waals surface area (Å²) in [5.41, 5.74) is 12.1. The van der Waals surface area contributed by atoms with E-state index < -0.39 is 0 Å². The Balaban J connectivity index is 1.56. The summed E-state index contributed by atoms with van der Waals surface area (Å²) < 4.78 is 14.3. The van der Waals surface area contributed by atoms with Crippen LogP contribution in [-0.2, 0) is 6.42 Å². The highest BCUT2D eigenvalue weighted by Crippen LogP contribution is 2.38. The molecule has 1 aliphatic carbocycles. The van der Waals surface area contributed by atoms with Crippen LogP contribution in [0.2, 0.25) is 0 Å². The Kier molecular flexibility index (Phi) is 5.41. The third-order valence-electron chi connectivity index (χ3n) is 6.77. The van der Waals surface area contributed by atoms with E-state index in [1.54, 1.807) is 12.4 Å². The number of carbonyl (C=O) groups is 1. The molecule has 2 aromatic carbocycles. The van der Waals surface area contributed by atoms with E-state index in [0.29, 0.717) is 17.7 Å². The number of fused-ring (bicyclic) bond motifs is 1. The smallest absolute Gasteiger partial charge is 0.255 e. The molecule has 3 N–H and O–H groups in total. The third-order valence-corrected chi connectivity index (χ3v) is 6.77. The average molecular weight is 445 g/mol. The first kappa shape index (κ1) is 21.6. The van der Waals surface area contributed by atoms with Gasteiger partial charge in [-0.1, -0.05) is 30.3 Å². The highest BCUT2D eigenvalue weighted by atomic mass is 19.1. The van der Waals surface area contributed by atoms with Gasteiger partial charge in [0.2, 0.25) is 0 Å². The molecule has 0 spiro atoms. The lowest BCUT2D eigenvalue weighted by Crippen LogP contribution is -2.39. The fraction of sp³-hybridized carbons (Fsp3) is 0.333. The Morgan fingerprint density at radius 1 is 1.24 bits per heavy atom. The van der Waals surface area contributed by atoms with Gasteiger partial charge in [0.05, 0.1) is 17.3 Å². The summed E-state index contributed by atoms with van der Waals surface area (Å²) in [5, 5.41) is 3.23. The van der Waals surface area contributed by atoms with Crippen molar-refractivity contribution in [3.63, 3.8) is 0 Å². The highest BCUT2D eigenvalue weighted by molar-refractivity contribution is 6.03. The van der Waals surface area contributed by atoms with E-state index in [1.165, 1.54) is 23.3 Å². The van der Waals surface area contributed by atoms with Gasteiger partial charge in [-0.25, -0.2) is 4.39 Å². The SMILES string of the molecule is Cc1cc(F)cc(-c2cncc(C(=O)NC3CCc4ccccc43)c2N2CC[C@](C)(N)C2)c1. The molecule has 33 heavy (non-hydrogen) atoms. The van der Waals surface area contributed by atoms with Crippen LogP contribution in [0.5, 0.6) is 0 Å². The summed E-state index contributed by atoms with van der Waals surface area (Å²) in [6.07, 6.45) is 5.98. The lowest BCUT2D eigenvalue weighted by Gasteiger charge is -2.27. The third kappa shape index (κ3) is 4.23. The molecule has 1 fully saturated rings. The predicted molar refractivity (Wildman–Crippen MR) is 129 cm³/mol. The van der Waals surface area contributed by atoms with Crippen LogP contribution < -0.4 is 16.0 Å². The second-order valence-corrected chi connectivity index (χ2v) is 9.69. The Hall–Kier alpha value is -3.25. The molecule has 1 amide bonds. The summed E-state index contributed by atoms with van der Waals surface area (Å²) in [7, 11) is 0. The topological polar surface area (TPSA) is 71.2 Å². The van der Waals surface area contributed by atoms with Crippen LogP contribution in [0.25, 0.3) is 11.1 Å². The first-order chi connectivity index (χ1) is 15.8. The second-order valence-electron chi connectivity index (χ2n) is 9.69. The lowest BCUT2D eigenvalue weighted by molar-refractivity contribution is 0.0937.